The molecule has 0 amide bonds. The molecule has 3 N–H and O–H groups in total. The fourth-order valence-corrected chi connectivity index (χ4v) is 2.54. The average molecular weight is 304 g/mol. The lowest BCUT2D eigenvalue weighted by molar-refractivity contribution is 0.620. The molecule has 1 atom stereocenters. The van der Waals surface area contributed by atoms with Crippen LogP contribution in [-0.2, 0) is 6.54 Å². The van der Waals surface area contributed by atoms with Crippen LogP contribution in [0.25, 0.3) is 10.9 Å². The molecule has 0 saturated carbocycles. The predicted octanol–water partition coefficient (Wildman–Crippen LogP) is 1.84. The van der Waals surface area contributed by atoms with E-state index in [1.54, 1.807) is 42.1 Å². The SMILES string of the molecule is CC(N)c1nc2cccc(Cl)c2c(=O)n1Cc1cn[nH]c1. The maximum absolute atomic E-state index is 12.8. The van der Waals surface area contributed by atoms with E-state index in [1.807, 2.05) is 0 Å². The molecule has 21 heavy (non-hydrogen) atoms. The molecular weight excluding hydrogens is 290 g/mol. The summed E-state index contributed by atoms with van der Waals surface area (Å²) in [6.45, 7) is 2.14. The van der Waals surface area contributed by atoms with Crippen molar-refractivity contribution >= 4 is 22.5 Å². The summed E-state index contributed by atoms with van der Waals surface area (Å²) in [7, 11) is 0. The van der Waals surface area contributed by atoms with Gasteiger partial charge in [0, 0.05) is 11.8 Å². The molecule has 2 aromatic heterocycles. The second-order valence-corrected chi connectivity index (χ2v) is 5.30. The van der Waals surface area contributed by atoms with E-state index in [0.29, 0.717) is 28.3 Å². The van der Waals surface area contributed by atoms with Gasteiger partial charge in [-0.25, -0.2) is 4.98 Å². The number of aromatic nitrogens is 4. The monoisotopic (exact) mass is 303 g/mol. The highest BCUT2D eigenvalue weighted by Crippen LogP contribution is 2.20. The number of nitrogens with two attached hydrogens (primary N) is 1. The van der Waals surface area contributed by atoms with Crippen LogP contribution in [0.1, 0.15) is 24.4 Å². The van der Waals surface area contributed by atoms with Crippen LogP contribution in [0.5, 0.6) is 0 Å². The van der Waals surface area contributed by atoms with Crippen LogP contribution in [0.3, 0.4) is 0 Å². The molecule has 0 aliphatic carbocycles. The van der Waals surface area contributed by atoms with Gasteiger partial charge >= 0.3 is 0 Å². The second-order valence-electron chi connectivity index (χ2n) is 4.89. The Balaban J connectivity index is 2.29. The van der Waals surface area contributed by atoms with Gasteiger partial charge in [-0.1, -0.05) is 17.7 Å². The molecule has 3 aromatic rings. The van der Waals surface area contributed by atoms with Gasteiger partial charge in [0.15, 0.2) is 0 Å². The predicted molar refractivity (Wildman–Crippen MR) is 81.3 cm³/mol. The number of nitrogens with one attached hydrogen (secondary N) is 1. The maximum atomic E-state index is 12.8. The molecule has 0 fully saturated rings. The average Bonchev–Trinajstić information content (AvgIpc) is 2.94. The molecule has 0 bridgehead atoms. The molecule has 0 aliphatic rings. The molecule has 0 saturated heterocycles. The van der Waals surface area contributed by atoms with Crippen molar-refractivity contribution in [1.82, 2.24) is 19.7 Å². The van der Waals surface area contributed by atoms with Crippen LogP contribution in [-0.4, -0.2) is 19.7 Å². The van der Waals surface area contributed by atoms with E-state index in [1.165, 1.54) is 0 Å². The number of aromatic amines is 1. The van der Waals surface area contributed by atoms with Gasteiger partial charge in [0.1, 0.15) is 5.82 Å². The molecule has 0 radical (unpaired) electrons. The Morgan fingerprint density at radius 1 is 1.48 bits per heavy atom. The summed E-state index contributed by atoms with van der Waals surface area (Å²) in [5, 5.41) is 7.41. The number of H-pyrrole nitrogens is 1. The molecule has 1 unspecified atom stereocenters. The van der Waals surface area contributed by atoms with E-state index in [9.17, 15) is 4.79 Å². The quantitative estimate of drug-likeness (QED) is 0.772. The molecule has 2 heterocycles. The Kier molecular flexibility index (Phi) is 3.48. The zero-order valence-corrected chi connectivity index (χ0v) is 12.1. The zero-order chi connectivity index (χ0) is 15.0. The van der Waals surface area contributed by atoms with Crippen LogP contribution in [0.4, 0.5) is 0 Å². The molecule has 0 aliphatic heterocycles. The molecule has 1 aromatic carbocycles. The number of fused-ring (bicyclic) bond motifs is 1. The van der Waals surface area contributed by atoms with Gasteiger partial charge in [0.05, 0.1) is 34.7 Å². The molecule has 0 spiro atoms. The Morgan fingerprint density at radius 2 is 2.29 bits per heavy atom. The van der Waals surface area contributed by atoms with Gasteiger partial charge in [-0.2, -0.15) is 5.10 Å². The molecule has 3 rings (SSSR count). The van der Waals surface area contributed by atoms with Crippen molar-refractivity contribution in [3.8, 4) is 0 Å². The van der Waals surface area contributed by atoms with Crippen molar-refractivity contribution < 1.29 is 0 Å². The highest BCUT2D eigenvalue weighted by molar-refractivity contribution is 6.35. The fourth-order valence-electron chi connectivity index (χ4n) is 2.29. The minimum atomic E-state index is -0.368. The Morgan fingerprint density at radius 3 is 2.95 bits per heavy atom. The summed E-state index contributed by atoms with van der Waals surface area (Å²) < 4.78 is 1.55. The van der Waals surface area contributed by atoms with Crippen molar-refractivity contribution in [3.63, 3.8) is 0 Å². The summed E-state index contributed by atoms with van der Waals surface area (Å²) in [5.41, 5.74) is 7.19. The fraction of sp³-hybridized carbons (Fsp3) is 0.214. The molecular formula is C14H14ClN5O. The van der Waals surface area contributed by atoms with Gasteiger partial charge in [0.2, 0.25) is 0 Å². The lowest BCUT2D eigenvalue weighted by Gasteiger charge is -2.15. The summed E-state index contributed by atoms with van der Waals surface area (Å²) in [4.78, 5) is 17.3. The largest absolute Gasteiger partial charge is 0.322 e. The van der Waals surface area contributed by atoms with E-state index in [0.717, 1.165) is 5.56 Å². The third kappa shape index (κ3) is 2.43. The minimum absolute atomic E-state index is 0.195. The number of benzene rings is 1. The van der Waals surface area contributed by atoms with Crippen molar-refractivity contribution in [3.05, 3.63) is 57.4 Å². The van der Waals surface area contributed by atoms with Crippen LogP contribution in [0.2, 0.25) is 5.02 Å². The van der Waals surface area contributed by atoms with Crippen molar-refractivity contribution in [2.45, 2.75) is 19.5 Å². The Bertz CT molecular complexity index is 838. The van der Waals surface area contributed by atoms with Gasteiger partial charge in [0.25, 0.3) is 5.56 Å². The number of nitrogens with zero attached hydrogens (tertiary/aromatic N) is 3. The number of hydrogen-bond acceptors (Lipinski definition) is 4. The van der Waals surface area contributed by atoms with Crippen molar-refractivity contribution in [2.24, 2.45) is 5.73 Å². The van der Waals surface area contributed by atoms with Crippen LogP contribution in [0.15, 0.2) is 35.4 Å². The van der Waals surface area contributed by atoms with Gasteiger partial charge in [-0.3, -0.25) is 14.5 Å². The summed E-state index contributed by atoms with van der Waals surface area (Å²) >= 11 is 6.14. The Labute approximate surface area is 125 Å². The number of halogens is 1. The lowest BCUT2D eigenvalue weighted by Crippen LogP contribution is -2.29. The van der Waals surface area contributed by atoms with E-state index < -0.39 is 0 Å². The second kappa shape index (κ2) is 5.31. The molecule has 6 nitrogen and oxygen atoms in total. The van der Waals surface area contributed by atoms with Crippen LogP contribution < -0.4 is 11.3 Å². The smallest absolute Gasteiger partial charge is 0.263 e. The first-order valence-corrected chi connectivity index (χ1v) is 6.88. The maximum Gasteiger partial charge on any atom is 0.263 e. The highest BCUT2D eigenvalue weighted by atomic mass is 35.5. The van der Waals surface area contributed by atoms with Crippen LogP contribution in [0, 0.1) is 0 Å². The van der Waals surface area contributed by atoms with Gasteiger partial charge < -0.3 is 5.73 Å². The summed E-state index contributed by atoms with van der Waals surface area (Å²) in [6.07, 6.45) is 3.39. The zero-order valence-electron chi connectivity index (χ0n) is 11.4. The number of rotatable bonds is 3. The highest BCUT2D eigenvalue weighted by Gasteiger charge is 2.16. The standard InChI is InChI=1S/C14H14ClN5O/c1-8(16)13-19-11-4-2-3-10(15)12(11)14(21)20(13)7-9-5-17-18-6-9/h2-6,8H,7,16H2,1H3,(H,17,18). The summed E-state index contributed by atoms with van der Waals surface area (Å²) in [6, 6.07) is 4.84. The van der Waals surface area contributed by atoms with E-state index in [-0.39, 0.29) is 11.6 Å². The normalized spacial score (nSPS) is 12.7. The first-order valence-electron chi connectivity index (χ1n) is 6.50. The first kappa shape index (κ1) is 13.8. The third-order valence-corrected chi connectivity index (χ3v) is 3.58. The Hall–Kier alpha value is -2.18. The summed E-state index contributed by atoms with van der Waals surface area (Å²) in [5.74, 6) is 0.524. The van der Waals surface area contributed by atoms with Crippen molar-refractivity contribution in [1.29, 1.82) is 0 Å². The van der Waals surface area contributed by atoms with E-state index in [4.69, 9.17) is 17.3 Å². The molecule has 7 heteroatoms. The van der Waals surface area contributed by atoms with E-state index in [2.05, 4.69) is 15.2 Å². The topological polar surface area (TPSA) is 89.6 Å². The first-order chi connectivity index (χ1) is 10.1. The van der Waals surface area contributed by atoms with Crippen molar-refractivity contribution in [2.75, 3.05) is 0 Å². The van der Waals surface area contributed by atoms with Gasteiger partial charge in [-0.15, -0.1) is 0 Å². The lowest BCUT2D eigenvalue weighted by atomic mass is 10.2. The van der Waals surface area contributed by atoms with Crippen LogP contribution >= 0.6 is 11.6 Å². The third-order valence-electron chi connectivity index (χ3n) is 3.26. The molecule has 108 valence electrons. The minimum Gasteiger partial charge on any atom is -0.322 e. The van der Waals surface area contributed by atoms with E-state index >= 15 is 0 Å². The van der Waals surface area contributed by atoms with Gasteiger partial charge in [-0.05, 0) is 19.1 Å². The number of hydrogen-bond donors (Lipinski definition) is 2.